The smallest absolute Gasteiger partial charge is 0.312 e. The second-order valence-corrected chi connectivity index (χ2v) is 11.9. The number of aryl methyl sites for hydroxylation is 1. The predicted molar refractivity (Wildman–Crippen MR) is 141 cm³/mol. The molecule has 2 aliphatic heterocycles. The molecule has 0 aliphatic carbocycles. The van der Waals surface area contributed by atoms with E-state index in [1.54, 1.807) is 6.20 Å². The van der Waals surface area contributed by atoms with Crippen LogP contribution in [0.3, 0.4) is 0 Å². The summed E-state index contributed by atoms with van der Waals surface area (Å²) in [5.74, 6) is 2.03. The quantitative estimate of drug-likeness (QED) is 0.327. The van der Waals surface area contributed by atoms with Gasteiger partial charge in [0.1, 0.15) is 19.0 Å². The summed E-state index contributed by atoms with van der Waals surface area (Å²) in [6.45, 7) is 2.37. The maximum Gasteiger partial charge on any atom is 0.312 e. The number of piperidine rings is 1. The van der Waals surface area contributed by atoms with E-state index in [4.69, 9.17) is 20.2 Å². The standard InChI is InChI=1S/C25H29FN8O4S/c1-39(35,36)33-7-2-3-15(14-33)5-8-34-21(29-22-23(27)30-25(26)31-24(22)34)12-16-11-19-20(38-10-9-37-19)13-17(16)18-4-6-28-32-18/h4,6,11,13,15H,2-3,5,7-10,12,14H2,1H3,(H,28,32)(H2,27,30,31). The van der Waals surface area contributed by atoms with Gasteiger partial charge in [0.05, 0.1) is 11.9 Å². The lowest BCUT2D eigenvalue weighted by Crippen LogP contribution is -2.39. The van der Waals surface area contributed by atoms with Gasteiger partial charge in [-0.25, -0.2) is 17.7 Å². The Kier molecular flexibility index (Phi) is 6.59. The van der Waals surface area contributed by atoms with Crippen molar-refractivity contribution < 1.29 is 22.3 Å². The van der Waals surface area contributed by atoms with Gasteiger partial charge < -0.3 is 19.8 Å². The van der Waals surface area contributed by atoms with E-state index in [0.29, 0.717) is 74.2 Å². The fourth-order valence-corrected chi connectivity index (χ4v) is 6.33. The van der Waals surface area contributed by atoms with Gasteiger partial charge in [-0.05, 0) is 48.9 Å². The Balaban J connectivity index is 1.37. The predicted octanol–water partition coefficient (Wildman–Crippen LogP) is 2.36. The average Bonchev–Trinajstić information content (AvgIpc) is 3.55. The van der Waals surface area contributed by atoms with E-state index in [0.717, 1.165) is 29.7 Å². The van der Waals surface area contributed by atoms with Crippen LogP contribution in [0, 0.1) is 12.0 Å². The van der Waals surface area contributed by atoms with E-state index in [9.17, 15) is 12.8 Å². The molecule has 39 heavy (non-hydrogen) atoms. The summed E-state index contributed by atoms with van der Waals surface area (Å²) in [7, 11) is -3.26. The number of nitrogen functional groups attached to an aromatic ring is 1. The second kappa shape index (κ2) is 10.1. The summed E-state index contributed by atoms with van der Waals surface area (Å²) < 4.78 is 53.5. The zero-order valence-electron chi connectivity index (χ0n) is 21.4. The molecule has 4 aromatic rings. The number of hydrogen-bond acceptors (Lipinski definition) is 9. The molecular weight excluding hydrogens is 527 g/mol. The van der Waals surface area contributed by atoms with Crippen LogP contribution in [0.2, 0.25) is 0 Å². The summed E-state index contributed by atoms with van der Waals surface area (Å²) in [4.78, 5) is 12.4. The minimum atomic E-state index is -3.26. The van der Waals surface area contributed by atoms with Crippen molar-refractivity contribution in [2.45, 2.75) is 32.2 Å². The number of aromatic amines is 1. The van der Waals surface area contributed by atoms with E-state index < -0.39 is 16.1 Å². The highest BCUT2D eigenvalue weighted by atomic mass is 32.2. The maximum absolute atomic E-state index is 14.3. The van der Waals surface area contributed by atoms with Crippen molar-refractivity contribution in [3.63, 3.8) is 0 Å². The third-order valence-corrected chi connectivity index (χ3v) is 8.56. The number of sulfonamides is 1. The molecule has 1 saturated heterocycles. The van der Waals surface area contributed by atoms with Crippen molar-refractivity contribution in [3.8, 4) is 22.8 Å². The van der Waals surface area contributed by atoms with E-state index in [-0.39, 0.29) is 11.7 Å². The fourth-order valence-electron chi connectivity index (χ4n) is 5.39. The zero-order chi connectivity index (χ0) is 27.1. The molecular formula is C25H29FN8O4S. The van der Waals surface area contributed by atoms with Crippen LogP contribution in [-0.4, -0.2) is 75.0 Å². The molecule has 1 aromatic carbocycles. The number of halogens is 1. The van der Waals surface area contributed by atoms with Gasteiger partial charge >= 0.3 is 6.08 Å². The van der Waals surface area contributed by atoms with Crippen molar-refractivity contribution in [1.29, 1.82) is 0 Å². The molecule has 1 fully saturated rings. The number of H-pyrrole nitrogens is 1. The highest BCUT2D eigenvalue weighted by molar-refractivity contribution is 7.88. The number of rotatable bonds is 7. The summed E-state index contributed by atoms with van der Waals surface area (Å²) in [5.41, 5.74) is 9.26. The first-order chi connectivity index (χ1) is 18.8. The van der Waals surface area contributed by atoms with E-state index >= 15 is 0 Å². The van der Waals surface area contributed by atoms with Crippen LogP contribution in [0.4, 0.5) is 10.2 Å². The lowest BCUT2D eigenvalue weighted by molar-refractivity contribution is 0.171. The largest absolute Gasteiger partial charge is 0.486 e. The number of ether oxygens (including phenoxy) is 2. The van der Waals surface area contributed by atoms with Crippen LogP contribution in [0.1, 0.15) is 30.7 Å². The number of anilines is 1. The SMILES string of the molecule is CS(=O)(=O)N1CCCC(CCn2c(Cc3cc4c(cc3-c3ccn[nH]3)OCCO4)nc3c(N)nc(F)nc32)C1. The molecule has 12 nitrogen and oxygen atoms in total. The van der Waals surface area contributed by atoms with Crippen molar-refractivity contribution in [3.05, 3.63) is 41.9 Å². The molecule has 0 amide bonds. The van der Waals surface area contributed by atoms with Crippen LogP contribution in [0.25, 0.3) is 22.4 Å². The van der Waals surface area contributed by atoms with E-state index in [1.807, 2.05) is 22.8 Å². The molecule has 0 radical (unpaired) electrons. The van der Waals surface area contributed by atoms with Gasteiger partial charge in [0.2, 0.25) is 10.0 Å². The Hall–Kier alpha value is -3.78. The Morgan fingerprint density at radius 3 is 2.72 bits per heavy atom. The molecule has 1 unspecified atom stereocenters. The lowest BCUT2D eigenvalue weighted by atomic mass is 9.96. The molecule has 3 aromatic heterocycles. The Morgan fingerprint density at radius 2 is 1.97 bits per heavy atom. The van der Waals surface area contributed by atoms with Crippen molar-refractivity contribution in [2.75, 3.05) is 38.3 Å². The number of nitrogens with zero attached hydrogens (tertiary/aromatic N) is 6. The number of fused-ring (bicyclic) bond motifs is 2. The molecule has 14 heteroatoms. The molecule has 3 N–H and O–H groups in total. The average molecular weight is 557 g/mol. The normalized spacial score (nSPS) is 18.1. The molecule has 206 valence electrons. The minimum Gasteiger partial charge on any atom is -0.486 e. The molecule has 0 spiro atoms. The molecule has 0 saturated carbocycles. The van der Waals surface area contributed by atoms with Crippen LogP contribution in [0.15, 0.2) is 24.4 Å². The molecule has 6 rings (SSSR count). The number of nitrogens with one attached hydrogen (secondary N) is 1. The number of imidazole rings is 1. The van der Waals surface area contributed by atoms with Gasteiger partial charge in [0, 0.05) is 37.8 Å². The summed E-state index contributed by atoms with van der Waals surface area (Å²) in [6.07, 6.45) is 4.73. The van der Waals surface area contributed by atoms with Crippen molar-refractivity contribution in [1.82, 2.24) is 34.0 Å². The number of hydrogen-bond donors (Lipinski definition) is 2. The first-order valence-electron chi connectivity index (χ1n) is 12.8. The molecule has 1 atom stereocenters. The van der Waals surface area contributed by atoms with Crippen LogP contribution < -0.4 is 15.2 Å². The lowest BCUT2D eigenvalue weighted by Gasteiger charge is -2.31. The van der Waals surface area contributed by atoms with Crippen LogP contribution in [-0.2, 0) is 23.0 Å². The molecule has 5 heterocycles. The highest BCUT2D eigenvalue weighted by Crippen LogP contribution is 2.38. The van der Waals surface area contributed by atoms with Crippen molar-refractivity contribution >= 4 is 27.0 Å². The van der Waals surface area contributed by atoms with E-state index in [1.165, 1.54) is 10.6 Å². The topological polar surface area (TPSA) is 154 Å². The number of benzene rings is 1. The number of aromatic nitrogens is 6. The number of nitrogens with two attached hydrogens (primary N) is 1. The van der Waals surface area contributed by atoms with Gasteiger partial charge in [0.15, 0.2) is 28.5 Å². The van der Waals surface area contributed by atoms with Gasteiger partial charge in [-0.1, -0.05) is 0 Å². The molecule has 2 aliphatic rings. The van der Waals surface area contributed by atoms with Crippen molar-refractivity contribution in [2.24, 2.45) is 5.92 Å². The monoisotopic (exact) mass is 556 g/mol. The fraction of sp³-hybridized carbons (Fsp3) is 0.440. The summed E-state index contributed by atoms with van der Waals surface area (Å²) >= 11 is 0. The summed E-state index contributed by atoms with van der Waals surface area (Å²) in [6, 6.07) is 5.71. The van der Waals surface area contributed by atoms with E-state index in [2.05, 4.69) is 20.2 Å². The minimum absolute atomic E-state index is 0.0330. The van der Waals surface area contributed by atoms with Crippen LogP contribution >= 0.6 is 0 Å². The van der Waals surface area contributed by atoms with Gasteiger partial charge in [-0.2, -0.15) is 19.5 Å². The Morgan fingerprint density at radius 1 is 1.18 bits per heavy atom. The van der Waals surface area contributed by atoms with Gasteiger partial charge in [-0.15, -0.1) is 0 Å². The molecule has 0 bridgehead atoms. The third kappa shape index (κ3) is 5.13. The zero-order valence-corrected chi connectivity index (χ0v) is 22.2. The maximum atomic E-state index is 14.3. The Labute approximate surface area is 224 Å². The first kappa shape index (κ1) is 25.5. The van der Waals surface area contributed by atoms with Gasteiger partial charge in [0.25, 0.3) is 0 Å². The highest BCUT2D eigenvalue weighted by Gasteiger charge is 2.27. The summed E-state index contributed by atoms with van der Waals surface area (Å²) in [5, 5.41) is 7.11. The van der Waals surface area contributed by atoms with Gasteiger partial charge in [-0.3, -0.25) is 5.10 Å². The Bertz CT molecular complexity index is 1620. The first-order valence-corrected chi connectivity index (χ1v) is 14.7. The van der Waals surface area contributed by atoms with Crippen LogP contribution in [0.5, 0.6) is 11.5 Å². The third-order valence-electron chi connectivity index (χ3n) is 7.29. The second-order valence-electron chi connectivity index (χ2n) is 9.95.